The van der Waals surface area contributed by atoms with E-state index in [0.29, 0.717) is 22.7 Å². The monoisotopic (exact) mass is 483 g/mol. The largest absolute Gasteiger partial charge is 0.497 e. The summed E-state index contributed by atoms with van der Waals surface area (Å²) >= 11 is 0. The van der Waals surface area contributed by atoms with E-state index in [0.717, 1.165) is 24.3 Å². The first-order chi connectivity index (χ1) is 16.2. The van der Waals surface area contributed by atoms with Crippen molar-refractivity contribution < 1.29 is 27.6 Å². The molecule has 0 unspecified atom stereocenters. The maximum Gasteiger partial charge on any atom is 0.269 e. The fourth-order valence-corrected chi connectivity index (χ4v) is 4.03. The highest BCUT2D eigenvalue weighted by molar-refractivity contribution is 7.92. The highest BCUT2D eigenvalue weighted by Gasteiger charge is 2.17. The Balaban J connectivity index is 1.76. The van der Waals surface area contributed by atoms with E-state index in [1.807, 2.05) is 0 Å². The number of hydrogen-bond acceptors (Lipinski definition) is 8. The van der Waals surface area contributed by atoms with Crippen molar-refractivity contribution in [2.75, 3.05) is 24.3 Å². The van der Waals surface area contributed by atoms with Crippen LogP contribution in [0.5, 0.6) is 11.5 Å². The predicted molar refractivity (Wildman–Crippen MR) is 127 cm³/mol. The molecule has 0 aliphatic rings. The summed E-state index contributed by atoms with van der Waals surface area (Å²) in [6.07, 6.45) is 2.66. The molecule has 3 aromatic carbocycles. The SMILES string of the molecule is COc1ccc(C(=O)C=CNc2ccccc2NS(=O)(=O)c2ccc([N+](=O)[O-])cc2)c(OC)c1. The van der Waals surface area contributed by atoms with Gasteiger partial charge in [0, 0.05) is 30.5 Å². The number of nitro benzene ring substituents is 1. The summed E-state index contributed by atoms with van der Waals surface area (Å²) in [5.74, 6) is 0.561. The van der Waals surface area contributed by atoms with Crippen molar-refractivity contribution in [2.24, 2.45) is 0 Å². The van der Waals surface area contributed by atoms with Crippen molar-refractivity contribution in [2.45, 2.75) is 4.90 Å². The van der Waals surface area contributed by atoms with Crippen LogP contribution >= 0.6 is 0 Å². The third-order valence-electron chi connectivity index (χ3n) is 4.68. The Morgan fingerprint density at radius 1 is 0.971 bits per heavy atom. The van der Waals surface area contributed by atoms with Crippen LogP contribution < -0.4 is 19.5 Å². The number of anilines is 2. The Morgan fingerprint density at radius 3 is 2.26 bits per heavy atom. The molecule has 2 N–H and O–H groups in total. The van der Waals surface area contributed by atoms with E-state index in [1.165, 1.54) is 32.6 Å². The second kappa shape index (κ2) is 10.5. The minimum absolute atomic E-state index is 0.134. The van der Waals surface area contributed by atoms with Gasteiger partial charge in [0.15, 0.2) is 5.78 Å². The molecule has 0 bridgehead atoms. The Bertz CT molecular complexity index is 1340. The number of rotatable bonds is 10. The topological polar surface area (TPSA) is 137 Å². The summed E-state index contributed by atoms with van der Waals surface area (Å²) in [6, 6.07) is 15.8. The molecule has 0 amide bonds. The van der Waals surface area contributed by atoms with Crippen molar-refractivity contribution in [3.8, 4) is 11.5 Å². The summed E-state index contributed by atoms with van der Waals surface area (Å²) in [4.78, 5) is 22.6. The Morgan fingerprint density at radius 2 is 1.65 bits per heavy atom. The van der Waals surface area contributed by atoms with Gasteiger partial charge in [-0.25, -0.2) is 8.42 Å². The van der Waals surface area contributed by atoms with Gasteiger partial charge >= 0.3 is 0 Å². The third-order valence-corrected chi connectivity index (χ3v) is 6.06. The molecule has 34 heavy (non-hydrogen) atoms. The van der Waals surface area contributed by atoms with Crippen LogP contribution in [0.25, 0.3) is 0 Å². The van der Waals surface area contributed by atoms with Gasteiger partial charge in [-0.15, -0.1) is 0 Å². The van der Waals surface area contributed by atoms with Crippen molar-refractivity contribution in [3.05, 3.63) is 94.7 Å². The number of methoxy groups -OCH3 is 2. The highest BCUT2D eigenvalue weighted by atomic mass is 32.2. The van der Waals surface area contributed by atoms with Gasteiger partial charge in [0.05, 0.1) is 41.0 Å². The molecule has 10 nitrogen and oxygen atoms in total. The van der Waals surface area contributed by atoms with Crippen LogP contribution in [0.15, 0.2) is 83.9 Å². The van der Waals surface area contributed by atoms with Gasteiger partial charge in [0.2, 0.25) is 0 Å². The van der Waals surface area contributed by atoms with Gasteiger partial charge in [-0.2, -0.15) is 0 Å². The second-order valence-corrected chi connectivity index (χ2v) is 8.49. The van der Waals surface area contributed by atoms with Gasteiger partial charge in [-0.05, 0) is 36.4 Å². The molecular weight excluding hydrogens is 462 g/mol. The molecule has 0 saturated carbocycles. The maximum absolute atomic E-state index is 12.7. The summed E-state index contributed by atoms with van der Waals surface area (Å²) < 4.78 is 38.2. The number of carbonyl (C=O) groups excluding carboxylic acids is 1. The minimum Gasteiger partial charge on any atom is -0.497 e. The average Bonchev–Trinajstić information content (AvgIpc) is 2.84. The summed E-state index contributed by atoms with van der Waals surface area (Å²) in [5.41, 5.74) is 0.719. The van der Waals surface area contributed by atoms with Crippen LogP contribution in [0, 0.1) is 10.1 Å². The number of hydrogen-bond donors (Lipinski definition) is 2. The number of nitrogens with zero attached hydrogens (tertiary/aromatic N) is 1. The fraction of sp³-hybridized carbons (Fsp3) is 0.0870. The number of ether oxygens (including phenoxy) is 2. The van der Waals surface area contributed by atoms with E-state index in [-0.39, 0.29) is 22.1 Å². The first kappa shape index (κ1) is 24.3. The predicted octanol–water partition coefficient (Wildman–Crippen LogP) is 4.22. The zero-order valence-electron chi connectivity index (χ0n) is 18.2. The lowest BCUT2D eigenvalue weighted by Gasteiger charge is -2.12. The van der Waals surface area contributed by atoms with Gasteiger partial charge in [0.1, 0.15) is 11.5 Å². The van der Waals surface area contributed by atoms with E-state index < -0.39 is 14.9 Å². The summed E-state index contributed by atoms with van der Waals surface area (Å²) in [7, 11) is -1.06. The van der Waals surface area contributed by atoms with Crippen LogP contribution in [-0.4, -0.2) is 33.3 Å². The van der Waals surface area contributed by atoms with Crippen molar-refractivity contribution >= 4 is 32.9 Å². The average molecular weight is 484 g/mol. The lowest BCUT2D eigenvalue weighted by Crippen LogP contribution is -2.14. The number of sulfonamides is 1. The number of para-hydroxylation sites is 2. The van der Waals surface area contributed by atoms with Crippen LogP contribution in [0.3, 0.4) is 0 Å². The van der Waals surface area contributed by atoms with Crippen LogP contribution in [-0.2, 0) is 10.0 Å². The number of nitrogens with one attached hydrogen (secondary N) is 2. The number of benzene rings is 3. The van der Waals surface area contributed by atoms with E-state index >= 15 is 0 Å². The fourth-order valence-electron chi connectivity index (χ4n) is 2.95. The smallest absolute Gasteiger partial charge is 0.269 e. The number of allylic oxidation sites excluding steroid dienone is 1. The molecule has 0 aromatic heterocycles. The van der Waals surface area contributed by atoms with Crippen molar-refractivity contribution in [1.82, 2.24) is 0 Å². The normalized spacial score (nSPS) is 11.1. The van der Waals surface area contributed by atoms with Crippen LogP contribution in [0.1, 0.15) is 10.4 Å². The number of carbonyl (C=O) groups is 1. The van der Waals surface area contributed by atoms with Gasteiger partial charge in [0.25, 0.3) is 15.7 Å². The molecule has 3 aromatic rings. The quantitative estimate of drug-likeness (QED) is 0.189. The molecule has 0 fully saturated rings. The van der Waals surface area contributed by atoms with Crippen molar-refractivity contribution in [1.29, 1.82) is 0 Å². The molecule has 0 heterocycles. The Hall–Kier alpha value is -4.38. The molecule has 0 saturated heterocycles. The Kier molecular flexibility index (Phi) is 7.49. The molecule has 0 radical (unpaired) electrons. The number of ketones is 1. The molecule has 0 aliphatic heterocycles. The summed E-state index contributed by atoms with van der Waals surface area (Å²) in [5, 5.41) is 13.7. The van der Waals surface area contributed by atoms with Gasteiger partial charge < -0.3 is 14.8 Å². The minimum atomic E-state index is -4.01. The second-order valence-electron chi connectivity index (χ2n) is 6.81. The van der Waals surface area contributed by atoms with Gasteiger partial charge in [-0.3, -0.25) is 19.6 Å². The van der Waals surface area contributed by atoms with Crippen LogP contribution in [0.4, 0.5) is 17.1 Å². The van der Waals surface area contributed by atoms with E-state index in [2.05, 4.69) is 10.0 Å². The highest BCUT2D eigenvalue weighted by Crippen LogP contribution is 2.27. The standard InChI is InChI=1S/C23H21N3O7S/c1-32-17-9-12-19(23(15-17)33-2)22(27)13-14-24-20-5-3-4-6-21(20)25-34(30,31)18-10-7-16(8-11-18)26(28)29/h3-15,24-25H,1-2H3. The zero-order chi connectivity index (χ0) is 24.7. The lowest BCUT2D eigenvalue weighted by atomic mass is 10.1. The molecule has 0 spiro atoms. The van der Waals surface area contributed by atoms with E-state index in [1.54, 1.807) is 36.4 Å². The van der Waals surface area contributed by atoms with Crippen LogP contribution in [0.2, 0.25) is 0 Å². The van der Waals surface area contributed by atoms with E-state index in [4.69, 9.17) is 9.47 Å². The van der Waals surface area contributed by atoms with E-state index in [9.17, 15) is 23.3 Å². The molecular formula is C23H21N3O7S. The molecule has 3 rings (SSSR count). The Labute approximate surface area is 196 Å². The first-order valence-electron chi connectivity index (χ1n) is 9.81. The first-order valence-corrected chi connectivity index (χ1v) is 11.3. The third kappa shape index (κ3) is 5.70. The number of non-ortho nitro benzene ring substituents is 1. The lowest BCUT2D eigenvalue weighted by molar-refractivity contribution is -0.384. The molecule has 0 aliphatic carbocycles. The molecule has 176 valence electrons. The molecule has 11 heteroatoms. The zero-order valence-corrected chi connectivity index (χ0v) is 19.0. The van der Waals surface area contributed by atoms with Crippen molar-refractivity contribution in [3.63, 3.8) is 0 Å². The number of nitro groups is 1. The summed E-state index contributed by atoms with van der Waals surface area (Å²) in [6.45, 7) is 0. The van der Waals surface area contributed by atoms with Gasteiger partial charge in [-0.1, -0.05) is 12.1 Å². The maximum atomic E-state index is 12.7. The molecule has 0 atom stereocenters.